The number of hydrogen-bond donors (Lipinski definition) is 1. The molecule has 2 aromatic heterocycles. The van der Waals surface area contributed by atoms with Gasteiger partial charge in [-0.2, -0.15) is 0 Å². The highest BCUT2D eigenvalue weighted by molar-refractivity contribution is 14.2. The van der Waals surface area contributed by atoms with Crippen LogP contribution < -0.4 is 9.62 Å². The van der Waals surface area contributed by atoms with Crippen molar-refractivity contribution in [3.05, 3.63) is 40.8 Å². The van der Waals surface area contributed by atoms with Gasteiger partial charge in [0.15, 0.2) is 5.65 Å². The van der Waals surface area contributed by atoms with E-state index < -0.39 is 11.0 Å². The third-order valence-corrected chi connectivity index (χ3v) is 7.52. The highest BCUT2D eigenvalue weighted by Gasteiger charge is 2.17. The van der Waals surface area contributed by atoms with Crippen LogP contribution in [0.2, 0.25) is 5.15 Å². The van der Waals surface area contributed by atoms with Gasteiger partial charge in [-0.15, -0.1) is 0 Å². The lowest BCUT2D eigenvalue weighted by Crippen LogP contribution is -2.20. The van der Waals surface area contributed by atoms with E-state index in [0.29, 0.717) is 18.1 Å². The van der Waals surface area contributed by atoms with Gasteiger partial charge >= 0.3 is 0 Å². The normalized spacial score (nSPS) is 12.1. The molecule has 0 aliphatic rings. The van der Waals surface area contributed by atoms with E-state index in [4.69, 9.17) is 16.3 Å². The van der Waals surface area contributed by atoms with Gasteiger partial charge in [-0.1, -0.05) is 31.5 Å². The van der Waals surface area contributed by atoms with E-state index >= 15 is 0 Å². The quantitative estimate of drug-likeness (QED) is 0.216. The number of aryl methyl sites for hydroxylation is 1. The van der Waals surface area contributed by atoms with Crippen molar-refractivity contribution in [2.75, 3.05) is 30.0 Å². The summed E-state index contributed by atoms with van der Waals surface area (Å²) in [6.07, 6.45) is 2.11. The Morgan fingerprint density at radius 2 is 2.00 bits per heavy atom. The second-order valence-electron chi connectivity index (χ2n) is 6.07. The maximum atomic E-state index is 12.1. The molecular formula is C19H26ClIN5O2PS. The number of ether oxygens (including phenoxy) is 1. The van der Waals surface area contributed by atoms with Gasteiger partial charge in [0.05, 0.1) is 30.0 Å². The van der Waals surface area contributed by atoms with Gasteiger partial charge in [0.2, 0.25) is 0 Å². The van der Waals surface area contributed by atoms with E-state index in [9.17, 15) is 4.21 Å². The molecule has 0 amide bonds. The highest BCUT2D eigenvalue weighted by atomic mass is 127. The molecule has 1 N–H and O–H groups in total. The monoisotopic (exact) mass is 581 g/mol. The number of imidazole rings is 1. The molecule has 164 valence electrons. The SMILES string of the molecule is CC.COCc1ccc(Nc2cc(Cl)nc3c2nc(C)n3PI)c(N(C)S(C)=O)c1. The van der Waals surface area contributed by atoms with E-state index in [2.05, 4.69) is 37.3 Å². The molecule has 2 atom stereocenters. The topological polar surface area (TPSA) is 72.3 Å². The molecule has 30 heavy (non-hydrogen) atoms. The zero-order valence-corrected chi connectivity index (χ0v) is 22.5. The van der Waals surface area contributed by atoms with Gasteiger partial charge in [-0.05, 0) is 46.7 Å². The molecule has 1 aromatic carbocycles. The summed E-state index contributed by atoms with van der Waals surface area (Å²) in [5, 5.41) is 3.79. The first kappa shape index (κ1) is 25.3. The number of methoxy groups -OCH3 is 1. The van der Waals surface area contributed by atoms with Crippen LogP contribution in [0.1, 0.15) is 25.2 Å². The Hall–Kier alpha value is -1.00. The zero-order chi connectivity index (χ0) is 22.4. The number of fused-ring (bicyclic) bond motifs is 1. The number of nitrogens with one attached hydrogen (secondary N) is 1. The number of anilines is 3. The van der Waals surface area contributed by atoms with Crippen LogP contribution in [0.3, 0.4) is 0 Å². The molecule has 2 heterocycles. The number of rotatable bonds is 7. The lowest BCUT2D eigenvalue weighted by atomic mass is 10.1. The third kappa shape index (κ3) is 5.62. The maximum absolute atomic E-state index is 12.1. The van der Waals surface area contributed by atoms with Crippen LogP contribution in [0.15, 0.2) is 24.3 Å². The first-order chi connectivity index (χ1) is 14.3. The highest BCUT2D eigenvalue weighted by Crippen LogP contribution is 2.37. The van der Waals surface area contributed by atoms with Crippen LogP contribution in [0.25, 0.3) is 11.2 Å². The molecule has 0 saturated heterocycles. The summed E-state index contributed by atoms with van der Waals surface area (Å²) >= 11 is 8.58. The van der Waals surface area contributed by atoms with Gasteiger partial charge in [0, 0.05) is 26.5 Å². The first-order valence-electron chi connectivity index (χ1n) is 9.24. The molecule has 0 spiro atoms. The lowest BCUT2D eigenvalue weighted by Gasteiger charge is -2.21. The number of pyridine rings is 1. The van der Waals surface area contributed by atoms with Crippen LogP contribution in [0.5, 0.6) is 0 Å². The fraction of sp³-hybridized carbons (Fsp3) is 0.368. The minimum Gasteiger partial charge on any atom is -0.380 e. The molecule has 0 radical (unpaired) electrons. The van der Waals surface area contributed by atoms with Crippen molar-refractivity contribution in [3.8, 4) is 0 Å². The Morgan fingerprint density at radius 3 is 2.60 bits per heavy atom. The van der Waals surface area contributed by atoms with E-state index in [0.717, 1.165) is 39.6 Å². The predicted octanol–water partition coefficient (Wildman–Crippen LogP) is 5.83. The number of hydrogen-bond acceptors (Lipinski definition) is 5. The summed E-state index contributed by atoms with van der Waals surface area (Å²) in [5.41, 5.74) is 4.82. The lowest BCUT2D eigenvalue weighted by molar-refractivity contribution is 0.185. The van der Waals surface area contributed by atoms with Crippen LogP contribution in [0, 0.1) is 6.92 Å². The van der Waals surface area contributed by atoms with Crippen molar-refractivity contribution in [3.63, 3.8) is 0 Å². The summed E-state index contributed by atoms with van der Waals surface area (Å²) in [6, 6.07) is 7.63. The molecule has 0 fully saturated rings. The second kappa shape index (κ2) is 11.6. The first-order valence-corrected chi connectivity index (χ1v) is 15.2. The molecule has 0 aliphatic heterocycles. The zero-order valence-electron chi connectivity index (χ0n) is 17.8. The summed E-state index contributed by atoms with van der Waals surface area (Å²) in [6.45, 7) is 6.42. The summed E-state index contributed by atoms with van der Waals surface area (Å²) in [4.78, 5) is 9.11. The third-order valence-electron chi connectivity index (χ3n) is 4.20. The Balaban J connectivity index is 0.00000155. The van der Waals surface area contributed by atoms with Crippen LogP contribution in [0.4, 0.5) is 17.1 Å². The molecule has 11 heteroatoms. The van der Waals surface area contributed by atoms with E-state index in [-0.39, 0.29) is 0 Å². The molecule has 3 rings (SSSR count). The van der Waals surface area contributed by atoms with Gasteiger partial charge in [0.1, 0.15) is 27.5 Å². The van der Waals surface area contributed by atoms with Crippen LogP contribution in [-0.4, -0.2) is 38.9 Å². The van der Waals surface area contributed by atoms with Crippen molar-refractivity contribution < 1.29 is 8.95 Å². The molecule has 0 saturated carbocycles. The Labute approximate surface area is 199 Å². The number of benzene rings is 1. The molecule has 7 nitrogen and oxygen atoms in total. The molecular weight excluding hydrogens is 556 g/mol. The number of halogens is 2. The second-order valence-corrected chi connectivity index (χ2v) is 9.92. The van der Waals surface area contributed by atoms with Crippen molar-refractivity contribution in [1.82, 2.24) is 14.3 Å². The van der Waals surface area contributed by atoms with Crippen molar-refractivity contribution >= 4 is 79.2 Å². The smallest absolute Gasteiger partial charge is 0.167 e. The summed E-state index contributed by atoms with van der Waals surface area (Å²) in [7, 11) is 2.26. The molecule has 2 unspecified atom stereocenters. The van der Waals surface area contributed by atoms with Gasteiger partial charge < -0.3 is 10.1 Å². The van der Waals surface area contributed by atoms with E-state index in [1.165, 1.54) is 0 Å². The minimum atomic E-state index is -1.18. The summed E-state index contributed by atoms with van der Waals surface area (Å²) in [5.74, 6) is 0.878. The number of nitrogens with zero attached hydrogens (tertiary/aromatic N) is 4. The number of aromatic nitrogens is 3. The predicted molar refractivity (Wildman–Crippen MR) is 139 cm³/mol. The molecule has 0 aliphatic carbocycles. The Morgan fingerprint density at radius 1 is 1.30 bits per heavy atom. The van der Waals surface area contributed by atoms with E-state index in [1.54, 1.807) is 30.8 Å². The fourth-order valence-electron chi connectivity index (χ4n) is 2.81. The average Bonchev–Trinajstić information content (AvgIpc) is 3.05. The maximum Gasteiger partial charge on any atom is 0.167 e. The van der Waals surface area contributed by atoms with Crippen molar-refractivity contribution in [2.45, 2.75) is 27.4 Å². The van der Waals surface area contributed by atoms with Crippen molar-refractivity contribution in [2.24, 2.45) is 0 Å². The van der Waals surface area contributed by atoms with Gasteiger partial charge in [-0.25, -0.2) is 14.2 Å². The summed E-state index contributed by atoms with van der Waals surface area (Å²) < 4.78 is 21.1. The average molecular weight is 582 g/mol. The standard InChI is InChI=1S/C17H20ClIN5O2PS.C2H6/c1-10-20-16-13(8-15(18)22-17(16)24(10)27-19)21-12-6-5-11(9-26-3)7-14(12)23(2)28(4)25;1-2/h5-8,27H,9H2,1-4H3,(H,21,22);1-2H3. The molecule has 0 bridgehead atoms. The van der Waals surface area contributed by atoms with Gasteiger partial charge in [0.25, 0.3) is 0 Å². The van der Waals surface area contributed by atoms with Crippen LogP contribution >= 0.6 is 40.0 Å². The Kier molecular flexibility index (Phi) is 9.74. The fourth-order valence-corrected chi connectivity index (χ4v) is 5.56. The molecule has 3 aromatic rings. The Bertz CT molecular complexity index is 1050. The van der Waals surface area contributed by atoms with Crippen LogP contribution in [-0.2, 0) is 22.3 Å². The van der Waals surface area contributed by atoms with E-state index in [1.807, 2.05) is 43.3 Å². The van der Waals surface area contributed by atoms with Crippen molar-refractivity contribution in [1.29, 1.82) is 0 Å². The van der Waals surface area contributed by atoms with Gasteiger partial charge in [-0.3, -0.25) is 8.64 Å². The minimum absolute atomic E-state index is 0.385. The largest absolute Gasteiger partial charge is 0.380 e.